The number of aryl methyl sites for hydroxylation is 1. The molecule has 3 rings (SSSR count). The number of methoxy groups -OCH3 is 1. The number of likely N-dealkylation sites (N-methyl/N-ethyl adjacent to an activating group) is 1. The molecular formula is C21H30N4O3. The standard InChI is InChI=1S/C21H30N4O3/c1-14(2)12-17-22-21(25(23-17)10-11-27-5)20-19(24(4)18(26)13-28-20)16-9-7-6-8-15(16)3/h6-9,14,19-20H,10-13H2,1-5H3/t19-,20+/m1/s1. The van der Waals surface area contributed by atoms with Gasteiger partial charge in [-0.25, -0.2) is 9.67 Å². The number of aromatic nitrogens is 3. The van der Waals surface area contributed by atoms with Crippen molar-refractivity contribution in [2.75, 3.05) is 27.4 Å². The molecule has 2 atom stereocenters. The Morgan fingerprint density at radius 2 is 2.07 bits per heavy atom. The fraction of sp³-hybridized carbons (Fsp3) is 0.571. The first-order chi connectivity index (χ1) is 13.4. The number of carbonyl (C=O) groups excluding carboxylic acids is 1. The Labute approximate surface area is 166 Å². The zero-order valence-electron chi connectivity index (χ0n) is 17.4. The van der Waals surface area contributed by atoms with Gasteiger partial charge in [0.25, 0.3) is 0 Å². The molecule has 0 unspecified atom stereocenters. The van der Waals surface area contributed by atoms with Gasteiger partial charge >= 0.3 is 0 Å². The summed E-state index contributed by atoms with van der Waals surface area (Å²) in [5.74, 6) is 1.97. The molecule has 1 aromatic carbocycles. The first kappa shape index (κ1) is 20.5. The lowest BCUT2D eigenvalue weighted by Gasteiger charge is -2.39. The van der Waals surface area contributed by atoms with E-state index in [4.69, 9.17) is 19.6 Å². The van der Waals surface area contributed by atoms with Gasteiger partial charge < -0.3 is 14.4 Å². The minimum Gasteiger partial charge on any atom is -0.383 e. The summed E-state index contributed by atoms with van der Waals surface area (Å²) in [7, 11) is 3.51. The van der Waals surface area contributed by atoms with E-state index >= 15 is 0 Å². The van der Waals surface area contributed by atoms with Crippen molar-refractivity contribution in [3.63, 3.8) is 0 Å². The highest BCUT2D eigenvalue weighted by molar-refractivity contribution is 5.78. The van der Waals surface area contributed by atoms with Gasteiger partial charge in [0, 0.05) is 20.6 Å². The largest absolute Gasteiger partial charge is 0.383 e. The number of hydrogen-bond donors (Lipinski definition) is 0. The highest BCUT2D eigenvalue weighted by Crippen LogP contribution is 2.39. The van der Waals surface area contributed by atoms with E-state index in [-0.39, 0.29) is 24.7 Å². The van der Waals surface area contributed by atoms with Crippen molar-refractivity contribution in [3.8, 4) is 0 Å². The van der Waals surface area contributed by atoms with Gasteiger partial charge in [-0.3, -0.25) is 4.79 Å². The van der Waals surface area contributed by atoms with Crippen LogP contribution in [-0.4, -0.2) is 52.9 Å². The molecule has 1 saturated heterocycles. The molecule has 0 radical (unpaired) electrons. The van der Waals surface area contributed by atoms with Crippen LogP contribution in [0.15, 0.2) is 24.3 Å². The molecule has 1 aliphatic heterocycles. The minimum atomic E-state index is -0.380. The summed E-state index contributed by atoms with van der Waals surface area (Å²) in [5, 5.41) is 4.70. The summed E-state index contributed by atoms with van der Waals surface area (Å²) in [6.07, 6.45) is 0.415. The van der Waals surface area contributed by atoms with Crippen molar-refractivity contribution in [3.05, 3.63) is 47.0 Å². The number of carbonyl (C=O) groups is 1. The van der Waals surface area contributed by atoms with Crippen LogP contribution in [-0.2, 0) is 27.2 Å². The predicted molar refractivity (Wildman–Crippen MR) is 106 cm³/mol. The summed E-state index contributed by atoms with van der Waals surface area (Å²) in [5.41, 5.74) is 2.18. The van der Waals surface area contributed by atoms with E-state index in [0.29, 0.717) is 19.1 Å². The van der Waals surface area contributed by atoms with Gasteiger partial charge in [-0.1, -0.05) is 38.1 Å². The Balaban J connectivity index is 2.04. The molecule has 1 amide bonds. The number of rotatable bonds is 7. The third-order valence-electron chi connectivity index (χ3n) is 5.09. The molecule has 1 aromatic heterocycles. The maximum atomic E-state index is 12.4. The van der Waals surface area contributed by atoms with Crippen LogP contribution in [0.5, 0.6) is 0 Å². The second-order valence-corrected chi connectivity index (χ2v) is 7.74. The molecule has 28 heavy (non-hydrogen) atoms. The first-order valence-electron chi connectivity index (χ1n) is 9.77. The van der Waals surface area contributed by atoms with Crippen LogP contribution in [0.4, 0.5) is 0 Å². The van der Waals surface area contributed by atoms with E-state index in [2.05, 4.69) is 32.9 Å². The average molecular weight is 386 g/mol. The van der Waals surface area contributed by atoms with Gasteiger partial charge in [0.05, 0.1) is 19.2 Å². The van der Waals surface area contributed by atoms with E-state index in [1.165, 1.54) is 0 Å². The second-order valence-electron chi connectivity index (χ2n) is 7.74. The summed E-state index contributed by atoms with van der Waals surface area (Å²) in [6, 6.07) is 7.85. The molecule has 0 bridgehead atoms. The van der Waals surface area contributed by atoms with Gasteiger partial charge in [0.2, 0.25) is 5.91 Å². The van der Waals surface area contributed by atoms with Crippen molar-refractivity contribution in [2.45, 2.75) is 45.9 Å². The molecule has 7 nitrogen and oxygen atoms in total. The quantitative estimate of drug-likeness (QED) is 0.732. The Bertz CT molecular complexity index is 818. The number of hydrogen-bond acceptors (Lipinski definition) is 5. The van der Waals surface area contributed by atoms with Gasteiger partial charge in [-0.05, 0) is 24.0 Å². The molecule has 152 valence electrons. The highest BCUT2D eigenvalue weighted by atomic mass is 16.5. The van der Waals surface area contributed by atoms with Crippen LogP contribution in [0, 0.1) is 12.8 Å². The fourth-order valence-corrected chi connectivity index (χ4v) is 3.63. The van der Waals surface area contributed by atoms with Crippen LogP contribution in [0.25, 0.3) is 0 Å². The molecule has 1 aliphatic rings. The SMILES string of the molecule is COCCn1nc(CC(C)C)nc1[C@H]1OCC(=O)N(C)[C@@H]1c1ccccc1C. The third-order valence-corrected chi connectivity index (χ3v) is 5.09. The molecule has 0 saturated carbocycles. The van der Waals surface area contributed by atoms with Crippen molar-refractivity contribution in [2.24, 2.45) is 5.92 Å². The monoisotopic (exact) mass is 386 g/mol. The van der Waals surface area contributed by atoms with E-state index in [9.17, 15) is 4.79 Å². The average Bonchev–Trinajstić information content (AvgIpc) is 3.04. The van der Waals surface area contributed by atoms with Crippen LogP contribution in [0.2, 0.25) is 0 Å². The van der Waals surface area contributed by atoms with Crippen LogP contribution >= 0.6 is 0 Å². The van der Waals surface area contributed by atoms with Gasteiger partial charge in [0.1, 0.15) is 12.7 Å². The van der Waals surface area contributed by atoms with Crippen LogP contribution in [0.1, 0.15) is 48.8 Å². The predicted octanol–water partition coefficient (Wildman–Crippen LogP) is 2.70. The van der Waals surface area contributed by atoms with Gasteiger partial charge in [-0.2, -0.15) is 5.10 Å². The van der Waals surface area contributed by atoms with E-state index < -0.39 is 0 Å². The molecule has 7 heteroatoms. The normalized spacial score (nSPS) is 20.2. The van der Waals surface area contributed by atoms with Gasteiger partial charge in [0.15, 0.2) is 11.6 Å². The van der Waals surface area contributed by atoms with Crippen molar-refractivity contribution < 1.29 is 14.3 Å². The first-order valence-corrected chi connectivity index (χ1v) is 9.77. The second kappa shape index (κ2) is 8.84. The Morgan fingerprint density at radius 3 is 2.75 bits per heavy atom. The minimum absolute atomic E-state index is 0.0325. The van der Waals surface area contributed by atoms with Crippen molar-refractivity contribution in [1.82, 2.24) is 19.7 Å². The van der Waals surface area contributed by atoms with E-state index in [0.717, 1.165) is 29.2 Å². The number of nitrogens with zero attached hydrogens (tertiary/aromatic N) is 4. The Kier molecular flexibility index (Phi) is 6.46. The molecular weight excluding hydrogens is 356 g/mol. The van der Waals surface area contributed by atoms with Gasteiger partial charge in [-0.15, -0.1) is 0 Å². The maximum absolute atomic E-state index is 12.4. The molecule has 0 N–H and O–H groups in total. The summed E-state index contributed by atoms with van der Waals surface area (Å²) >= 11 is 0. The van der Waals surface area contributed by atoms with Crippen molar-refractivity contribution in [1.29, 1.82) is 0 Å². The summed E-state index contributed by atoms with van der Waals surface area (Å²) in [6.45, 7) is 7.52. The lowest BCUT2D eigenvalue weighted by molar-refractivity contribution is -0.156. The number of morpholine rings is 1. The van der Waals surface area contributed by atoms with E-state index in [1.54, 1.807) is 12.0 Å². The molecule has 2 aromatic rings. The Morgan fingerprint density at radius 1 is 1.32 bits per heavy atom. The fourth-order valence-electron chi connectivity index (χ4n) is 3.63. The summed E-state index contributed by atoms with van der Waals surface area (Å²) in [4.78, 5) is 19.0. The number of amides is 1. The topological polar surface area (TPSA) is 69.5 Å². The summed E-state index contributed by atoms with van der Waals surface area (Å²) < 4.78 is 13.2. The smallest absolute Gasteiger partial charge is 0.248 e. The molecule has 0 spiro atoms. The zero-order valence-corrected chi connectivity index (χ0v) is 17.4. The lowest BCUT2D eigenvalue weighted by Crippen LogP contribution is -2.44. The lowest BCUT2D eigenvalue weighted by atomic mass is 9.94. The van der Waals surface area contributed by atoms with E-state index in [1.807, 2.05) is 23.9 Å². The molecule has 0 aliphatic carbocycles. The maximum Gasteiger partial charge on any atom is 0.248 e. The van der Waals surface area contributed by atoms with Crippen molar-refractivity contribution >= 4 is 5.91 Å². The number of ether oxygens (including phenoxy) is 2. The van der Waals surface area contributed by atoms with Crippen LogP contribution < -0.4 is 0 Å². The highest BCUT2D eigenvalue weighted by Gasteiger charge is 2.40. The number of benzene rings is 1. The Hall–Kier alpha value is -2.25. The zero-order chi connectivity index (χ0) is 20.3. The van der Waals surface area contributed by atoms with Crippen LogP contribution in [0.3, 0.4) is 0 Å². The molecule has 1 fully saturated rings. The molecule has 2 heterocycles. The third kappa shape index (κ3) is 4.25.